The summed E-state index contributed by atoms with van der Waals surface area (Å²) in [6, 6.07) is 18.4. The van der Waals surface area contributed by atoms with Crippen molar-refractivity contribution in [3.63, 3.8) is 0 Å². The van der Waals surface area contributed by atoms with Gasteiger partial charge in [0.2, 0.25) is 0 Å². The summed E-state index contributed by atoms with van der Waals surface area (Å²) < 4.78 is 0. The van der Waals surface area contributed by atoms with Crippen LogP contribution in [-0.2, 0) is 12.8 Å². The molecule has 342 valence electrons. The molecule has 0 saturated heterocycles. The summed E-state index contributed by atoms with van der Waals surface area (Å²) in [4.78, 5) is 10.7. The van der Waals surface area contributed by atoms with Gasteiger partial charge in [-0.3, -0.25) is 9.98 Å². The number of aryl methyl sites for hydroxylation is 2. The van der Waals surface area contributed by atoms with Gasteiger partial charge in [-0.1, -0.05) is 257 Å². The average Bonchev–Trinajstić information content (AvgIpc) is 3.27. The predicted octanol–water partition coefficient (Wildman–Crippen LogP) is 20.5. The Bertz CT molecular complexity index is 1250. The van der Waals surface area contributed by atoms with Gasteiger partial charge in [0, 0.05) is 0 Å². The lowest BCUT2D eigenvalue weighted by atomic mass is 10.0. The maximum atomic E-state index is 5.36. The molecule has 0 atom stereocenters. The Morgan fingerprint density at radius 1 is 0.267 bits per heavy atom. The zero-order valence-electron chi connectivity index (χ0n) is 40.8. The largest absolute Gasteiger partial charge is 0.252 e. The Morgan fingerprint density at radius 3 is 0.783 bits per heavy atom. The van der Waals surface area contributed by atoms with Crippen molar-refractivity contribution in [1.29, 1.82) is 0 Å². The van der Waals surface area contributed by atoms with Crippen LogP contribution in [0.2, 0.25) is 0 Å². The summed E-state index contributed by atoms with van der Waals surface area (Å²) in [7, 11) is 0. The first-order chi connectivity index (χ1) is 29.7. The third-order valence-electron chi connectivity index (χ3n) is 12.9. The Labute approximate surface area is 375 Å². The lowest BCUT2D eigenvalue weighted by molar-refractivity contribution is 0.535. The number of nitrogens with zero attached hydrogens (tertiary/aromatic N) is 2. The SMILES string of the molecule is CCCCCCCCCCCCCCCCc1ccc(N=C(CCCC)C(CCCCCCCC)=Nc2ccc(CCCCCCCCCCCCCCCC)cc2)cc1. The standard InChI is InChI=1S/C58H100N2/c1-5-9-13-16-19-21-23-25-27-29-31-33-35-38-41-53-45-49-55(50-46-53)59-57(43-12-8-4)58(44-40-37-18-15-11-7-3)60-56-51-47-54(48-52-56)42-39-36-34-32-30-28-26-24-22-20-17-14-10-6-2/h45-52H,5-44H2,1-4H3. The van der Waals surface area contributed by atoms with Gasteiger partial charge in [0.15, 0.2) is 0 Å². The van der Waals surface area contributed by atoms with Gasteiger partial charge >= 0.3 is 0 Å². The zero-order valence-corrected chi connectivity index (χ0v) is 40.8. The summed E-state index contributed by atoms with van der Waals surface area (Å²) in [5.41, 5.74) is 7.51. The van der Waals surface area contributed by atoms with Crippen molar-refractivity contribution in [2.45, 2.75) is 285 Å². The Morgan fingerprint density at radius 2 is 0.500 bits per heavy atom. The maximum Gasteiger partial charge on any atom is 0.0633 e. The van der Waals surface area contributed by atoms with E-state index < -0.39 is 0 Å². The lowest BCUT2D eigenvalue weighted by Crippen LogP contribution is -2.14. The summed E-state index contributed by atoms with van der Waals surface area (Å²) in [5.74, 6) is 0. The van der Waals surface area contributed by atoms with Crippen molar-refractivity contribution >= 4 is 22.8 Å². The van der Waals surface area contributed by atoms with Crippen LogP contribution in [0.3, 0.4) is 0 Å². The number of unbranched alkanes of at least 4 members (excludes halogenated alkanes) is 32. The first-order valence-corrected chi connectivity index (χ1v) is 27.0. The molecule has 2 nitrogen and oxygen atoms in total. The molecule has 0 fully saturated rings. The van der Waals surface area contributed by atoms with Crippen molar-refractivity contribution in [2.24, 2.45) is 9.98 Å². The molecule has 0 bridgehead atoms. The highest BCUT2D eigenvalue weighted by atomic mass is 14.8. The molecule has 0 aliphatic carbocycles. The number of hydrogen-bond donors (Lipinski definition) is 0. The van der Waals surface area contributed by atoms with Crippen LogP contribution in [0, 0.1) is 0 Å². The van der Waals surface area contributed by atoms with E-state index in [0.29, 0.717) is 0 Å². The second kappa shape index (κ2) is 40.8. The van der Waals surface area contributed by atoms with E-state index in [2.05, 4.69) is 76.2 Å². The third kappa shape index (κ3) is 30.8. The van der Waals surface area contributed by atoms with Crippen molar-refractivity contribution in [1.82, 2.24) is 0 Å². The second-order valence-electron chi connectivity index (χ2n) is 18.8. The normalized spacial score (nSPS) is 12.2. The van der Waals surface area contributed by atoms with Crippen molar-refractivity contribution in [3.8, 4) is 0 Å². The minimum absolute atomic E-state index is 1.00. The van der Waals surface area contributed by atoms with E-state index in [1.807, 2.05) is 0 Å². The van der Waals surface area contributed by atoms with E-state index in [-0.39, 0.29) is 0 Å². The molecule has 0 unspecified atom stereocenters. The summed E-state index contributed by atoms with van der Waals surface area (Å²) in [6.45, 7) is 9.21. The van der Waals surface area contributed by atoms with E-state index in [0.717, 1.165) is 30.6 Å². The van der Waals surface area contributed by atoms with E-state index in [4.69, 9.17) is 9.98 Å². The number of benzene rings is 2. The lowest BCUT2D eigenvalue weighted by Gasteiger charge is -2.12. The highest BCUT2D eigenvalue weighted by molar-refractivity contribution is 6.43. The van der Waals surface area contributed by atoms with Gasteiger partial charge in [0.05, 0.1) is 22.8 Å². The molecule has 0 spiro atoms. The van der Waals surface area contributed by atoms with E-state index in [1.54, 1.807) is 0 Å². The van der Waals surface area contributed by atoms with Gasteiger partial charge in [-0.2, -0.15) is 0 Å². The van der Waals surface area contributed by atoms with E-state index in [1.165, 1.54) is 260 Å². The van der Waals surface area contributed by atoms with Gasteiger partial charge in [-0.25, -0.2) is 0 Å². The van der Waals surface area contributed by atoms with Crippen LogP contribution in [0.15, 0.2) is 58.5 Å². The molecular weight excluding hydrogens is 725 g/mol. The topological polar surface area (TPSA) is 24.7 Å². The van der Waals surface area contributed by atoms with Crippen molar-refractivity contribution in [3.05, 3.63) is 59.7 Å². The minimum atomic E-state index is 1.00. The monoisotopic (exact) mass is 825 g/mol. The number of rotatable bonds is 43. The van der Waals surface area contributed by atoms with Crippen LogP contribution in [0.1, 0.15) is 283 Å². The van der Waals surface area contributed by atoms with Crippen LogP contribution < -0.4 is 0 Å². The fourth-order valence-electron chi connectivity index (χ4n) is 8.78. The molecule has 0 saturated carbocycles. The van der Waals surface area contributed by atoms with Crippen LogP contribution in [0.5, 0.6) is 0 Å². The second-order valence-corrected chi connectivity index (χ2v) is 18.8. The molecule has 2 aromatic rings. The quantitative estimate of drug-likeness (QED) is 0.0470. The summed E-state index contributed by atoms with van der Waals surface area (Å²) >= 11 is 0. The molecule has 2 heteroatoms. The molecule has 0 amide bonds. The molecule has 60 heavy (non-hydrogen) atoms. The van der Waals surface area contributed by atoms with Gasteiger partial charge < -0.3 is 0 Å². The Balaban J connectivity index is 1.84. The van der Waals surface area contributed by atoms with Gasteiger partial charge in [-0.05, 0) is 86.8 Å². The van der Waals surface area contributed by atoms with Gasteiger partial charge in [0.1, 0.15) is 0 Å². The Hall–Kier alpha value is -2.22. The number of hydrogen-bond acceptors (Lipinski definition) is 2. The molecule has 0 aliphatic rings. The average molecular weight is 825 g/mol. The highest BCUT2D eigenvalue weighted by Gasteiger charge is 2.11. The minimum Gasteiger partial charge on any atom is -0.252 e. The van der Waals surface area contributed by atoms with Crippen molar-refractivity contribution < 1.29 is 0 Å². The van der Waals surface area contributed by atoms with E-state index in [9.17, 15) is 0 Å². The van der Waals surface area contributed by atoms with Crippen LogP contribution in [0.4, 0.5) is 11.4 Å². The number of aliphatic imine (C=N–C) groups is 2. The predicted molar refractivity (Wildman–Crippen MR) is 273 cm³/mol. The molecule has 2 rings (SSSR count). The van der Waals surface area contributed by atoms with Crippen LogP contribution in [-0.4, -0.2) is 11.4 Å². The maximum absolute atomic E-state index is 5.36. The Kier molecular flexibility index (Phi) is 36.7. The van der Waals surface area contributed by atoms with Gasteiger partial charge in [0.25, 0.3) is 0 Å². The molecular formula is C58H100N2. The first-order valence-electron chi connectivity index (χ1n) is 27.0. The van der Waals surface area contributed by atoms with Crippen LogP contribution in [0.25, 0.3) is 0 Å². The molecule has 0 heterocycles. The summed E-state index contributed by atoms with van der Waals surface area (Å²) in [6.07, 6.45) is 54.2. The molecule has 0 N–H and O–H groups in total. The molecule has 0 aromatic heterocycles. The highest BCUT2D eigenvalue weighted by Crippen LogP contribution is 2.23. The third-order valence-corrected chi connectivity index (χ3v) is 12.9. The molecule has 0 aliphatic heterocycles. The molecule has 0 radical (unpaired) electrons. The fraction of sp³-hybridized carbons (Fsp3) is 0.759. The smallest absolute Gasteiger partial charge is 0.0633 e. The molecule has 2 aromatic carbocycles. The fourth-order valence-corrected chi connectivity index (χ4v) is 8.78. The first kappa shape index (κ1) is 53.9. The van der Waals surface area contributed by atoms with Crippen molar-refractivity contribution in [2.75, 3.05) is 0 Å². The van der Waals surface area contributed by atoms with Gasteiger partial charge in [-0.15, -0.1) is 0 Å². The van der Waals surface area contributed by atoms with E-state index >= 15 is 0 Å². The zero-order chi connectivity index (χ0) is 42.8. The summed E-state index contributed by atoms with van der Waals surface area (Å²) in [5, 5.41) is 0. The van der Waals surface area contributed by atoms with Crippen LogP contribution >= 0.6 is 0 Å².